The molecule has 4 heteroatoms. The molecule has 0 fully saturated rings. The van der Waals surface area contributed by atoms with E-state index in [0.29, 0.717) is 5.95 Å². The van der Waals surface area contributed by atoms with Crippen LogP contribution in [0.3, 0.4) is 0 Å². The third-order valence-electron chi connectivity index (χ3n) is 3.34. The number of methoxy groups -OCH3 is 1. The number of fused-ring (bicyclic) bond motifs is 1. The van der Waals surface area contributed by atoms with Gasteiger partial charge in [-0.15, -0.1) is 0 Å². The number of nitrogens with one attached hydrogen (secondary N) is 1. The van der Waals surface area contributed by atoms with Crippen molar-refractivity contribution in [2.75, 3.05) is 19.0 Å². The van der Waals surface area contributed by atoms with Crippen molar-refractivity contribution in [3.05, 3.63) is 60.3 Å². The van der Waals surface area contributed by atoms with E-state index in [0.717, 1.165) is 29.6 Å². The molecule has 0 amide bonds. The maximum atomic E-state index is 5.15. The number of para-hydroxylation sites is 1. The smallest absolute Gasteiger partial charge is 0.223 e. The zero-order valence-electron chi connectivity index (χ0n) is 11.9. The minimum Gasteiger partial charge on any atom is -0.497 e. The minimum absolute atomic E-state index is 0.669. The summed E-state index contributed by atoms with van der Waals surface area (Å²) in [5.41, 5.74) is 2.21. The van der Waals surface area contributed by atoms with Crippen LogP contribution in [0.25, 0.3) is 10.9 Å². The number of anilines is 1. The number of benzene rings is 2. The summed E-state index contributed by atoms with van der Waals surface area (Å²) in [6, 6.07) is 16.1. The average molecular weight is 279 g/mol. The summed E-state index contributed by atoms with van der Waals surface area (Å²) in [5.74, 6) is 1.55. The van der Waals surface area contributed by atoms with E-state index in [9.17, 15) is 0 Å². The molecule has 0 spiro atoms. The van der Waals surface area contributed by atoms with E-state index in [1.807, 2.05) is 42.6 Å². The Labute approximate surface area is 123 Å². The van der Waals surface area contributed by atoms with Gasteiger partial charge in [-0.05, 0) is 30.2 Å². The quantitative estimate of drug-likeness (QED) is 0.778. The molecule has 0 aliphatic carbocycles. The van der Waals surface area contributed by atoms with Crippen LogP contribution in [-0.4, -0.2) is 23.6 Å². The Bertz CT molecular complexity index is 725. The first-order valence-corrected chi connectivity index (χ1v) is 6.94. The van der Waals surface area contributed by atoms with Gasteiger partial charge in [-0.3, -0.25) is 0 Å². The van der Waals surface area contributed by atoms with E-state index < -0.39 is 0 Å². The fourth-order valence-corrected chi connectivity index (χ4v) is 2.17. The van der Waals surface area contributed by atoms with Gasteiger partial charge in [0.05, 0.1) is 12.6 Å². The molecule has 21 heavy (non-hydrogen) atoms. The maximum Gasteiger partial charge on any atom is 0.223 e. The van der Waals surface area contributed by atoms with E-state index in [1.54, 1.807) is 7.11 Å². The van der Waals surface area contributed by atoms with Crippen LogP contribution in [0.15, 0.2) is 54.7 Å². The summed E-state index contributed by atoms with van der Waals surface area (Å²) in [7, 11) is 1.67. The normalized spacial score (nSPS) is 10.5. The summed E-state index contributed by atoms with van der Waals surface area (Å²) in [6.45, 7) is 0.796. The Morgan fingerprint density at radius 3 is 2.67 bits per heavy atom. The van der Waals surface area contributed by atoms with E-state index >= 15 is 0 Å². The number of aromatic nitrogens is 2. The van der Waals surface area contributed by atoms with Crippen molar-refractivity contribution in [2.24, 2.45) is 0 Å². The molecule has 0 unspecified atom stereocenters. The first kappa shape index (κ1) is 13.4. The predicted octanol–water partition coefficient (Wildman–Crippen LogP) is 3.29. The second-order valence-corrected chi connectivity index (χ2v) is 4.78. The van der Waals surface area contributed by atoms with Crippen molar-refractivity contribution in [1.82, 2.24) is 9.97 Å². The Kier molecular flexibility index (Phi) is 3.96. The number of hydrogen-bond donors (Lipinski definition) is 1. The fourth-order valence-electron chi connectivity index (χ4n) is 2.17. The molecule has 0 atom stereocenters. The highest BCUT2D eigenvalue weighted by molar-refractivity contribution is 5.78. The Morgan fingerprint density at radius 1 is 1.05 bits per heavy atom. The maximum absolute atomic E-state index is 5.15. The SMILES string of the molecule is COc1ccc(CCNc2ncc3ccccc3n2)cc1. The van der Waals surface area contributed by atoms with Crippen LogP contribution in [0.4, 0.5) is 5.95 Å². The first-order valence-electron chi connectivity index (χ1n) is 6.94. The van der Waals surface area contributed by atoms with Crippen molar-refractivity contribution in [3.8, 4) is 5.75 Å². The van der Waals surface area contributed by atoms with Crippen LogP contribution in [-0.2, 0) is 6.42 Å². The van der Waals surface area contributed by atoms with Gasteiger partial charge >= 0.3 is 0 Å². The van der Waals surface area contributed by atoms with E-state index in [2.05, 4.69) is 27.4 Å². The number of ether oxygens (including phenoxy) is 1. The van der Waals surface area contributed by atoms with Gasteiger partial charge in [0.25, 0.3) is 0 Å². The third kappa shape index (κ3) is 3.28. The lowest BCUT2D eigenvalue weighted by Crippen LogP contribution is -2.07. The fraction of sp³-hybridized carbons (Fsp3) is 0.176. The van der Waals surface area contributed by atoms with E-state index in [4.69, 9.17) is 4.74 Å². The highest BCUT2D eigenvalue weighted by Crippen LogP contribution is 2.13. The molecule has 106 valence electrons. The summed E-state index contributed by atoms with van der Waals surface area (Å²) in [5, 5.41) is 4.31. The number of nitrogens with zero attached hydrogens (tertiary/aromatic N) is 2. The summed E-state index contributed by atoms with van der Waals surface area (Å²) >= 11 is 0. The van der Waals surface area contributed by atoms with Gasteiger partial charge in [0, 0.05) is 18.1 Å². The summed E-state index contributed by atoms with van der Waals surface area (Å²) < 4.78 is 5.15. The van der Waals surface area contributed by atoms with Crippen LogP contribution >= 0.6 is 0 Å². The lowest BCUT2D eigenvalue weighted by atomic mass is 10.1. The molecule has 0 bridgehead atoms. The van der Waals surface area contributed by atoms with Gasteiger partial charge < -0.3 is 10.1 Å². The van der Waals surface area contributed by atoms with Crippen LogP contribution in [0, 0.1) is 0 Å². The van der Waals surface area contributed by atoms with Crippen molar-refractivity contribution in [2.45, 2.75) is 6.42 Å². The van der Waals surface area contributed by atoms with Crippen molar-refractivity contribution < 1.29 is 4.74 Å². The second kappa shape index (κ2) is 6.22. The molecule has 4 nitrogen and oxygen atoms in total. The molecule has 1 heterocycles. The van der Waals surface area contributed by atoms with Gasteiger partial charge in [0.15, 0.2) is 0 Å². The largest absolute Gasteiger partial charge is 0.497 e. The van der Waals surface area contributed by atoms with Crippen LogP contribution in [0.2, 0.25) is 0 Å². The Hall–Kier alpha value is -2.62. The zero-order valence-corrected chi connectivity index (χ0v) is 11.9. The van der Waals surface area contributed by atoms with Crippen molar-refractivity contribution in [3.63, 3.8) is 0 Å². The predicted molar refractivity (Wildman–Crippen MR) is 84.7 cm³/mol. The van der Waals surface area contributed by atoms with Crippen LogP contribution < -0.4 is 10.1 Å². The highest BCUT2D eigenvalue weighted by atomic mass is 16.5. The Morgan fingerprint density at radius 2 is 1.86 bits per heavy atom. The van der Waals surface area contributed by atoms with Gasteiger partial charge in [-0.25, -0.2) is 9.97 Å². The van der Waals surface area contributed by atoms with Gasteiger partial charge in [0.1, 0.15) is 5.75 Å². The summed E-state index contributed by atoms with van der Waals surface area (Å²) in [6.07, 6.45) is 2.76. The van der Waals surface area contributed by atoms with Gasteiger partial charge in [0.2, 0.25) is 5.95 Å². The van der Waals surface area contributed by atoms with Crippen LogP contribution in [0.5, 0.6) is 5.75 Å². The molecule has 2 aromatic carbocycles. The van der Waals surface area contributed by atoms with E-state index in [1.165, 1.54) is 5.56 Å². The molecule has 3 rings (SSSR count). The lowest BCUT2D eigenvalue weighted by molar-refractivity contribution is 0.414. The van der Waals surface area contributed by atoms with Crippen molar-refractivity contribution in [1.29, 1.82) is 0 Å². The molecular weight excluding hydrogens is 262 g/mol. The zero-order chi connectivity index (χ0) is 14.5. The topological polar surface area (TPSA) is 47.0 Å². The van der Waals surface area contributed by atoms with E-state index in [-0.39, 0.29) is 0 Å². The number of hydrogen-bond acceptors (Lipinski definition) is 4. The number of rotatable bonds is 5. The molecule has 0 radical (unpaired) electrons. The second-order valence-electron chi connectivity index (χ2n) is 4.78. The van der Waals surface area contributed by atoms with Crippen LogP contribution in [0.1, 0.15) is 5.56 Å². The molecular formula is C17H17N3O. The standard InChI is InChI=1S/C17H17N3O/c1-21-15-8-6-13(7-9-15)10-11-18-17-19-12-14-4-2-3-5-16(14)20-17/h2-9,12H,10-11H2,1H3,(H,18,19,20). The highest BCUT2D eigenvalue weighted by Gasteiger charge is 1.99. The van der Waals surface area contributed by atoms with Crippen molar-refractivity contribution >= 4 is 16.9 Å². The summed E-state index contributed by atoms with van der Waals surface area (Å²) in [4.78, 5) is 8.81. The first-order chi connectivity index (χ1) is 10.3. The third-order valence-corrected chi connectivity index (χ3v) is 3.34. The minimum atomic E-state index is 0.669. The molecule has 3 aromatic rings. The molecule has 1 aromatic heterocycles. The molecule has 1 N–H and O–H groups in total. The molecule has 0 aliphatic rings. The van der Waals surface area contributed by atoms with Gasteiger partial charge in [-0.1, -0.05) is 30.3 Å². The average Bonchev–Trinajstić information content (AvgIpc) is 2.55. The Balaban J connectivity index is 1.60. The van der Waals surface area contributed by atoms with Gasteiger partial charge in [-0.2, -0.15) is 0 Å². The monoisotopic (exact) mass is 279 g/mol. The molecule has 0 saturated heterocycles. The lowest BCUT2D eigenvalue weighted by Gasteiger charge is -2.06. The molecule has 0 saturated carbocycles. The molecule has 0 aliphatic heterocycles.